The summed E-state index contributed by atoms with van der Waals surface area (Å²) in [5.74, 6) is -2.29. The van der Waals surface area contributed by atoms with Crippen molar-refractivity contribution >= 4 is 30.3 Å². The summed E-state index contributed by atoms with van der Waals surface area (Å²) in [5.41, 5.74) is 1.04. The Labute approximate surface area is 176 Å². The minimum atomic E-state index is -1.01. The Balaban J connectivity index is 0.00000300. The number of halogens is 1. The molecular formula is C21H29ClN2O5. The summed E-state index contributed by atoms with van der Waals surface area (Å²) in [7, 11) is 0. The van der Waals surface area contributed by atoms with Crippen LogP contribution in [0.15, 0.2) is 30.3 Å². The van der Waals surface area contributed by atoms with Crippen molar-refractivity contribution in [3.8, 4) is 0 Å². The molecule has 2 aliphatic heterocycles. The van der Waals surface area contributed by atoms with Crippen LogP contribution in [0, 0.1) is 5.92 Å². The highest BCUT2D eigenvalue weighted by molar-refractivity contribution is 5.88. The number of amides is 1. The Hall–Kier alpha value is -2.12. The first-order valence-corrected chi connectivity index (χ1v) is 9.96. The smallest absolute Gasteiger partial charge is 0.326 e. The van der Waals surface area contributed by atoms with Gasteiger partial charge in [0.25, 0.3) is 0 Å². The molecule has 8 heteroatoms. The normalized spacial score (nSPS) is 25.0. The first kappa shape index (κ1) is 23.2. The van der Waals surface area contributed by atoms with E-state index in [9.17, 15) is 24.6 Å². The van der Waals surface area contributed by atoms with E-state index in [1.54, 1.807) is 6.92 Å². The van der Waals surface area contributed by atoms with Gasteiger partial charge in [-0.3, -0.25) is 14.9 Å². The number of hydrogen-bond acceptors (Lipinski definition) is 4. The highest BCUT2D eigenvalue weighted by Crippen LogP contribution is 2.40. The van der Waals surface area contributed by atoms with Crippen LogP contribution >= 0.6 is 12.4 Å². The van der Waals surface area contributed by atoms with Crippen molar-refractivity contribution in [3.05, 3.63) is 35.9 Å². The first-order valence-electron chi connectivity index (χ1n) is 9.96. The molecule has 4 rings (SSSR count). The van der Waals surface area contributed by atoms with Gasteiger partial charge in [-0.1, -0.05) is 30.3 Å². The van der Waals surface area contributed by atoms with Gasteiger partial charge in [0.05, 0.1) is 6.04 Å². The lowest BCUT2D eigenvalue weighted by Crippen LogP contribution is -2.64. The van der Waals surface area contributed by atoms with Crippen LogP contribution in [0.25, 0.3) is 0 Å². The number of fused-ring (bicyclic) bond motifs is 3. The molecule has 2 saturated heterocycles. The van der Waals surface area contributed by atoms with Gasteiger partial charge in [0.2, 0.25) is 5.91 Å². The fourth-order valence-corrected chi connectivity index (χ4v) is 4.62. The number of hydrogen-bond donors (Lipinski definition) is 3. The third-order valence-electron chi connectivity index (χ3n) is 6.07. The van der Waals surface area contributed by atoms with Gasteiger partial charge in [-0.2, -0.15) is 0 Å². The van der Waals surface area contributed by atoms with E-state index in [1.165, 1.54) is 4.90 Å². The summed E-state index contributed by atoms with van der Waals surface area (Å²) < 4.78 is 0. The van der Waals surface area contributed by atoms with Crippen molar-refractivity contribution in [2.75, 3.05) is 0 Å². The number of aliphatic carboxylic acids is 2. The van der Waals surface area contributed by atoms with Crippen molar-refractivity contribution in [3.63, 3.8) is 0 Å². The number of aryl methyl sites for hydroxylation is 1. The summed E-state index contributed by atoms with van der Waals surface area (Å²) in [4.78, 5) is 38.0. The second kappa shape index (κ2) is 10.1. The Morgan fingerprint density at radius 3 is 2.28 bits per heavy atom. The third-order valence-corrected chi connectivity index (χ3v) is 6.07. The molecule has 0 unspecified atom stereocenters. The van der Waals surface area contributed by atoms with Crippen molar-refractivity contribution < 1.29 is 24.6 Å². The van der Waals surface area contributed by atoms with Crippen molar-refractivity contribution in [2.45, 2.75) is 69.6 Å². The molecule has 3 N–H and O–H groups in total. The van der Waals surface area contributed by atoms with Crippen LogP contribution in [0.3, 0.4) is 0 Å². The minimum absolute atomic E-state index is 0. The Bertz CT molecular complexity index is 721. The van der Waals surface area contributed by atoms with E-state index in [1.807, 2.05) is 30.3 Å². The van der Waals surface area contributed by atoms with Crippen molar-refractivity contribution in [2.24, 2.45) is 5.92 Å². The number of piperidine rings is 2. The molecule has 1 aromatic rings. The standard InChI is InChI=1S/C21H28N2O5.ClH/c1-13(22-17(20(25)26)12-7-14-5-3-2-4-6-14)19(24)23-16-10-8-15(9-11-16)18(23)21(27)28;/h2-6,13,15-18,22H,7-12H2,1H3,(H,25,26)(H,27,28);1H/t13-,15?,16?,17-,18-;/m0./s1. The molecule has 0 spiro atoms. The molecule has 3 aliphatic rings. The molecule has 1 aromatic carbocycles. The Morgan fingerprint density at radius 1 is 1.10 bits per heavy atom. The molecule has 0 radical (unpaired) electrons. The topological polar surface area (TPSA) is 107 Å². The molecule has 1 aliphatic carbocycles. The van der Waals surface area contributed by atoms with E-state index >= 15 is 0 Å². The van der Waals surface area contributed by atoms with Gasteiger partial charge in [0.1, 0.15) is 12.1 Å². The summed E-state index contributed by atoms with van der Waals surface area (Å²) in [6.07, 6.45) is 4.25. The van der Waals surface area contributed by atoms with Crippen molar-refractivity contribution in [1.82, 2.24) is 10.2 Å². The van der Waals surface area contributed by atoms with Gasteiger partial charge in [0, 0.05) is 6.04 Å². The molecule has 2 bridgehead atoms. The first-order chi connectivity index (χ1) is 13.4. The predicted octanol–water partition coefficient (Wildman–Crippen LogP) is 2.33. The van der Waals surface area contributed by atoms with E-state index in [2.05, 4.69) is 5.32 Å². The number of nitrogens with one attached hydrogen (secondary N) is 1. The molecule has 1 saturated carbocycles. The lowest BCUT2D eigenvalue weighted by molar-refractivity contribution is -0.164. The van der Waals surface area contributed by atoms with Crippen LogP contribution < -0.4 is 5.32 Å². The average molecular weight is 425 g/mol. The number of rotatable bonds is 8. The molecule has 2 heterocycles. The van der Waals surface area contributed by atoms with Gasteiger partial charge in [0.15, 0.2) is 0 Å². The van der Waals surface area contributed by atoms with Crippen LogP contribution in [0.5, 0.6) is 0 Å². The highest BCUT2D eigenvalue weighted by atomic mass is 35.5. The van der Waals surface area contributed by atoms with Gasteiger partial charge in [-0.15, -0.1) is 12.4 Å². The highest BCUT2D eigenvalue weighted by Gasteiger charge is 2.48. The van der Waals surface area contributed by atoms with Crippen LogP contribution in [0.4, 0.5) is 0 Å². The van der Waals surface area contributed by atoms with Crippen LogP contribution in [0.1, 0.15) is 44.6 Å². The van der Waals surface area contributed by atoms with E-state index in [0.717, 1.165) is 31.2 Å². The average Bonchev–Trinajstić information content (AvgIpc) is 2.70. The number of benzene rings is 1. The van der Waals surface area contributed by atoms with E-state index in [-0.39, 0.29) is 30.3 Å². The van der Waals surface area contributed by atoms with Crippen LogP contribution in [0.2, 0.25) is 0 Å². The lowest BCUT2D eigenvalue weighted by Gasteiger charge is -2.50. The van der Waals surface area contributed by atoms with Crippen LogP contribution in [-0.2, 0) is 20.8 Å². The van der Waals surface area contributed by atoms with Gasteiger partial charge < -0.3 is 15.1 Å². The van der Waals surface area contributed by atoms with E-state index < -0.39 is 30.1 Å². The zero-order valence-electron chi connectivity index (χ0n) is 16.5. The minimum Gasteiger partial charge on any atom is -0.480 e. The Morgan fingerprint density at radius 2 is 1.72 bits per heavy atom. The quantitative estimate of drug-likeness (QED) is 0.591. The Kier molecular flexibility index (Phi) is 8.05. The molecule has 7 nitrogen and oxygen atoms in total. The fraction of sp³-hybridized carbons (Fsp3) is 0.571. The fourth-order valence-electron chi connectivity index (χ4n) is 4.62. The molecular weight excluding hydrogens is 396 g/mol. The second-order valence-electron chi connectivity index (χ2n) is 7.90. The maximum absolute atomic E-state index is 13.0. The lowest BCUT2D eigenvalue weighted by atomic mass is 9.74. The molecule has 1 amide bonds. The van der Waals surface area contributed by atoms with Crippen molar-refractivity contribution in [1.29, 1.82) is 0 Å². The second-order valence-corrected chi connectivity index (χ2v) is 7.90. The molecule has 3 atom stereocenters. The SMILES string of the molecule is C[C@H](N[C@@H](CCc1ccccc1)C(=O)O)C(=O)N1C2CCC(CC2)[C@H]1C(=O)O.Cl. The number of nitrogens with zero attached hydrogens (tertiary/aromatic N) is 1. The number of carbonyl (C=O) groups is 3. The predicted molar refractivity (Wildman–Crippen MR) is 110 cm³/mol. The number of carbonyl (C=O) groups excluding carboxylic acids is 1. The van der Waals surface area contributed by atoms with Gasteiger partial charge in [-0.25, -0.2) is 4.79 Å². The third kappa shape index (κ3) is 5.28. The zero-order valence-corrected chi connectivity index (χ0v) is 17.3. The maximum atomic E-state index is 13.0. The number of carboxylic acids is 2. The zero-order chi connectivity index (χ0) is 20.3. The molecule has 29 heavy (non-hydrogen) atoms. The monoisotopic (exact) mass is 424 g/mol. The maximum Gasteiger partial charge on any atom is 0.326 e. The molecule has 0 aromatic heterocycles. The molecule has 160 valence electrons. The summed E-state index contributed by atoms with van der Waals surface area (Å²) in [6, 6.07) is 7.12. The largest absolute Gasteiger partial charge is 0.480 e. The van der Waals surface area contributed by atoms with Gasteiger partial charge >= 0.3 is 11.9 Å². The van der Waals surface area contributed by atoms with Gasteiger partial charge in [-0.05, 0) is 56.9 Å². The summed E-state index contributed by atoms with van der Waals surface area (Å²) in [6.45, 7) is 1.63. The molecule has 3 fully saturated rings. The van der Waals surface area contributed by atoms with E-state index in [0.29, 0.717) is 12.8 Å². The van der Waals surface area contributed by atoms with E-state index in [4.69, 9.17) is 0 Å². The van der Waals surface area contributed by atoms with Crippen LogP contribution in [-0.4, -0.2) is 57.1 Å². The number of carboxylic acid groups (broad SMARTS) is 2. The summed E-state index contributed by atoms with van der Waals surface area (Å²) >= 11 is 0. The summed E-state index contributed by atoms with van der Waals surface area (Å²) in [5, 5.41) is 22.1.